The molecule has 1 heterocycles. The normalized spacial score (nSPS) is 17.2. The molecule has 2 N–H and O–H groups in total. The molecule has 0 unspecified atom stereocenters. The maximum atomic E-state index is 5.81. The van der Waals surface area contributed by atoms with Gasteiger partial charge in [-0.1, -0.05) is 6.92 Å². The van der Waals surface area contributed by atoms with Crippen LogP contribution in [0.3, 0.4) is 0 Å². The maximum Gasteiger partial charge on any atom is 0.110 e. The SMILES string of the molecule is CCc1nc(C2CC2)c(N)s1. The minimum atomic E-state index is 0.701. The van der Waals surface area contributed by atoms with Crippen LogP contribution < -0.4 is 5.73 Å². The molecule has 0 bridgehead atoms. The van der Waals surface area contributed by atoms with Crippen molar-refractivity contribution in [1.29, 1.82) is 0 Å². The molecular formula is C8H12N2S. The lowest BCUT2D eigenvalue weighted by atomic mass is 10.3. The summed E-state index contributed by atoms with van der Waals surface area (Å²) in [7, 11) is 0. The lowest BCUT2D eigenvalue weighted by Gasteiger charge is -1.89. The number of rotatable bonds is 2. The van der Waals surface area contributed by atoms with Crippen LogP contribution in [0.25, 0.3) is 0 Å². The van der Waals surface area contributed by atoms with Crippen molar-refractivity contribution in [3.8, 4) is 0 Å². The summed E-state index contributed by atoms with van der Waals surface area (Å²) in [5, 5.41) is 2.13. The molecule has 0 radical (unpaired) electrons. The van der Waals surface area contributed by atoms with E-state index in [2.05, 4.69) is 11.9 Å². The van der Waals surface area contributed by atoms with Crippen LogP contribution in [-0.4, -0.2) is 4.98 Å². The molecule has 1 fully saturated rings. The van der Waals surface area contributed by atoms with E-state index in [-0.39, 0.29) is 0 Å². The molecule has 2 nitrogen and oxygen atoms in total. The summed E-state index contributed by atoms with van der Waals surface area (Å²) >= 11 is 1.65. The van der Waals surface area contributed by atoms with Gasteiger partial charge in [-0.25, -0.2) is 4.98 Å². The van der Waals surface area contributed by atoms with Crippen LogP contribution in [0.4, 0.5) is 5.00 Å². The second-order valence-corrected chi connectivity index (χ2v) is 4.10. The Labute approximate surface area is 70.5 Å². The van der Waals surface area contributed by atoms with Crippen molar-refractivity contribution < 1.29 is 0 Å². The number of anilines is 1. The predicted molar refractivity (Wildman–Crippen MR) is 47.9 cm³/mol. The van der Waals surface area contributed by atoms with Crippen molar-refractivity contribution in [2.45, 2.75) is 32.1 Å². The van der Waals surface area contributed by atoms with Gasteiger partial charge in [-0.05, 0) is 19.3 Å². The van der Waals surface area contributed by atoms with Gasteiger partial charge < -0.3 is 5.73 Å². The van der Waals surface area contributed by atoms with Gasteiger partial charge in [0.15, 0.2) is 0 Å². The molecule has 0 amide bonds. The van der Waals surface area contributed by atoms with Gasteiger partial charge in [-0.2, -0.15) is 0 Å². The van der Waals surface area contributed by atoms with Gasteiger partial charge in [-0.15, -0.1) is 11.3 Å². The molecule has 0 spiro atoms. The largest absolute Gasteiger partial charge is 0.389 e. The van der Waals surface area contributed by atoms with Gasteiger partial charge in [0.25, 0.3) is 0 Å². The zero-order valence-corrected chi connectivity index (χ0v) is 7.45. The highest BCUT2D eigenvalue weighted by Gasteiger charge is 2.28. The fourth-order valence-corrected chi connectivity index (χ4v) is 2.05. The van der Waals surface area contributed by atoms with Crippen molar-refractivity contribution >= 4 is 16.3 Å². The van der Waals surface area contributed by atoms with Gasteiger partial charge in [0.1, 0.15) is 5.00 Å². The fourth-order valence-electron chi connectivity index (χ4n) is 1.19. The summed E-state index contributed by atoms with van der Waals surface area (Å²) < 4.78 is 0. The standard InChI is InChI=1S/C8H12N2S/c1-2-6-10-7(5-3-4-5)8(9)11-6/h5H,2-4,9H2,1H3. The van der Waals surface area contributed by atoms with E-state index in [0.717, 1.165) is 11.4 Å². The zero-order valence-electron chi connectivity index (χ0n) is 6.63. The first-order chi connectivity index (χ1) is 5.31. The average Bonchev–Trinajstić information content (AvgIpc) is 2.76. The van der Waals surface area contributed by atoms with Crippen molar-refractivity contribution in [2.75, 3.05) is 5.73 Å². The second-order valence-electron chi connectivity index (χ2n) is 2.98. The monoisotopic (exact) mass is 168 g/mol. The first-order valence-corrected chi connectivity index (χ1v) is 4.88. The topological polar surface area (TPSA) is 38.9 Å². The highest BCUT2D eigenvalue weighted by Crippen LogP contribution is 2.43. The number of nitrogens with two attached hydrogens (primary N) is 1. The summed E-state index contributed by atoms with van der Waals surface area (Å²) in [4.78, 5) is 4.48. The Kier molecular flexibility index (Phi) is 1.60. The van der Waals surface area contributed by atoms with Gasteiger partial charge in [-0.3, -0.25) is 0 Å². The van der Waals surface area contributed by atoms with E-state index < -0.39 is 0 Å². The minimum Gasteiger partial charge on any atom is -0.389 e. The highest BCUT2D eigenvalue weighted by molar-refractivity contribution is 7.15. The van der Waals surface area contributed by atoms with E-state index in [1.807, 2.05) is 0 Å². The van der Waals surface area contributed by atoms with E-state index in [0.29, 0.717) is 5.92 Å². The molecule has 1 aromatic rings. The Hall–Kier alpha value is -0.570. The lowest BCUT2D eigenvalue weighted by Crippen LogP contribution is -1.87. The van der Waals surface area contributed by atoms with E-state index in [1.165, 1.54) is 23.5 Å². The predicted octanol–water partition coefficient (Wildman–Crippen LogP) is 2.17. The van der Waals surface area contributed by atoms with E-state index in [1.54, 1.807) is 11.3 Å². The second kappa shape index (κ2) is 2.48. The van der Waals surface area contributed by atoms with Crippen LogP contribution in [0.1, 0.15) is 36.4 Å². The van der Waals surface area contributed by atoms with Crippen LogP contribution in [0.15, 0.2) is 0 Å². The van der Waals surface area contributed by atoms with Gasteiger partial charge in [0.2, 0.25) is 0 Å². The summed E-state index contributed by atoms with van der Waals surface area (Å²) in [5.41, 5.74) is 6.99. The lowest BCUT2D eigenvalue weighted by molar-refractivity contribution is 0.996. The molecule has 0 aromatic carbocycles. The Morgan fingerprint density at radius 3 is 2.82 bits per heavy atom. The van der Waals surface area contributed by atoms with Crippen molar-refractivity contribution in [1.82, 2.24) is 4.98 Å². The molecule has 1 aliphatic rings. The number of aryl methyl sites for hydroxylation is 1. The molecule has 11 heavy (non-hydrogen) atoms. The third-order valence-electron chi connectivity index (χ3n) is 1.99. The maximum absolute atomic E-state index is 5.81. The number of nitrogens with zero attached hydrogens (tertiary/aromatic N) is 1. The number of aromatic nitrogens is 1. The molecule has 3 heteroatoms. The van der Waals surface area contributed by atoms with Crippen LogP contribution in [0.5, 0.6) is 0 Å². The fraction of sp³-hybridized carbons (Fsp3) is 0.625. The van der Waals surface area contributed by atoms with E-state index in [4.69, 9.17) is 5.73 Å². The molecular weight excluding hydrogens is 156 g/mol. The van der Waals surface area contributed by atoms with Crippen LogP contribution in [0.2, 0.25) is 0 Å². The molecule has 1 aromatic heterocycles. The summed E-state index contributed by atoms with van der Waals surface area (Å²) in [5.74, 6) is 0.701. The molecule has 1 aliphatic carbocycles. The van der Waals surface area contributed by atoms with E-state index >= 15 is 0 Å². The smallest absolute Gasteiger partial charge is 0.110 e. The quantitative estimate of drug-likeness (QED) is 0.735. The summed E-state index contributed by atoms with van der Waals surface area (Å²) in [6.07, 6.45) is 3.59. The number of thiazole rings is 1. The minimum absolute atomic E-state index is 0.701. The van der Waals surface area contributed by atoms with E-state index in [9.17, 15) is 0 Å². The van der Waals surface area contributed by atoms with Gasteiger partial charge in [0, 0.05) is 5.92 Å². The van der Waals surface area contributed by atoms with Gasteiger partial charge >= 0.3 is 0 Å². The van der Waals surface area contributed by atoms with Crippen LogP contribution in [0, 0.1) is 0 Å². The van der Waals surface area contributed by atoms with Crippen molar-refractivity contribution in [3.63, 3.8) is 0 Å². The Morgan fingerprint density at radius 1 is 1.64 bits per heavy atom. The highest BCUT2D eigenvalue weighted by atomic mass is 32.1. The summed E-state index contributed by atoms with van der Waals surface area (Å²) in [6.45, 7) is 2.12. The Morgan fingerprint density at radius 2 is 2.36 bits per heavy atom. The number of nitrogen functional groups attached to an aromatic ring is 1. The summed E-state index contributed by atoms with van der Waals surface area (Å²) in [6, 6.07) is 0. The molecule has 0 atom stereocenters. The first-order valence-electron chi connectivity index (χ1n) is 4.06. The molecule has 0 aliphatic heterocycles. The third-order valence-corrected chi connectivity index (χ3v) is 3.04. The molecule has 1 saturated carbocycles. The molecule has 0 saturated heterocycles. The van der Waals surface area contributed by atoms with Crippen molar-refractivity contribution in [2.24, 2.45) is 0 Å². The average molecular weight is 168 g/mol. The third kappa shape index (κ3) is 1.25. The van der Waals surface area contributed by atoms with Crippen molar-refractivity contribution in [3.05, 3.63) is 10.7 Å². The number of hydrogen-bond acceptors (Lipinski definition) is 3. The first kappa shape index (κ1) is 7.10. The van der Waals surface area contributed by atoms with Crippen LogP contribution >= 0.6 is 11.3 Å². The Balaban J connectivity index is 2.30. The van der Waals surface area contributed by atoms with Gasteiger partial charge in [0.05, 0.1) is 10.7 Å². The number of hydrogen-bond donors (Lipinski definition) is 1. The molecule has 2 rings (SSSR count). The van der Waals surface area contributed by atoms with Crippen LogP contribution in [-0.2, 0) is 6.42 Å². The Bertz CT molecular complexity index is 263. The zero-order chi connectivity index (χ0) is 7.84. The molecule has 60 valence electrons.